The van der Waals surface area contributed by atoms with Crippen molar-refractivity contribution in [3.05, 3.63) is 82.6 Å². The van der Waals surface area contributed by atoms with Gasteiger partial charge in [0, 0.05) is 11.1 Å². The van der Waals surface area contributed by atoms with Gasteiger partial charge in [0.05, 0.1) is 6.21 Å². The molecule has 0 aliphatic carbocycles. The van der Waals surface area contributed by atoms with Crippen LogP contribution >= 0.6 is 0 Å². The van der Waals surface area contributed by atoms with Crippen molar-refractivity contribution in [1.29, 1.82) is 0 Å². The number of aromatic hydroxyl groups is 1. The minimum absolute atomic E-state index is 0.107. The van der Waals surface area contributed by atoms with Crippen molar-refractivity contribution >= 4 is 22.9 Å². The molecular weight excluding hydrogens is 342 g/mol. The number of anilines is 1. The summed E-state index contributed by atoms with van der Waals surface area (Å²) in [6, 6.07) is 20.2. The van der Waals surface area contributed by atoms with Crippen LogP contribution in [0.1, 0.15) is 5.56 Å². The number of phenolic OH excluding ortho intramolecular Hbond substituents is 1. The van der Waals surface area contributed by atoms with Crippen LogP contribution in [0.15, 0.2) is 76.6 Å². The van der Waals surface area contributed by atoms with E-state index in [4.69, 9.17) is 0 Å². The molecule has 0 unspecified atom stereocenters. The Morgan fingerprint density at radius 3 is 2.56 bits per heavy atom. The summed E-state index contributed by atoms with van der Waals surface area (Å²) in [6.07, 6.45) is 1.47. The molecule has 0 radical (unpaired) electrons. The smallest absolute Gasteiger partial charge is 0.279 e. The van der Waals surface area contributed by atoms with Crippen molar-refractivity contribution in [2.45, 2.75) is 0 Å². The van der Waals surface area contributed by atoms with Gasteiger partial charge < -0.3 is 5.11 Å². The van der Waals surface area contributed by atoms with Crippen molar-refractivity contribution in [3.63, 3.8) is 0 Å². The summed E-state index contributed by atoms with van der Waals surface area (Å²) in [5.74, 6) is 0.217. The maximum Gasteiger partial charge on any atom is 0.279 e. The van der Waals surface area contributed by atoms with E-state index in [1.54, 1.807) is 18.2 Å². The number of aromatic nitrogens is 3. The SMILES string of the molecule is O=c1[nH]c(N/N=C/c2c(O)ccc3ccccc23)nnc1-c1ccccc1. The highest BCUT2D eigenvalue weighted by Crippen LogP contribution is 2.25. The minimum Gasteiger partial charge on any atom is -0.507 e. The van der Waals surface area contributed by atoms with Crippen LogP contribution in [-0.4, -0.2) is 26.5 Å². The lowest BCUT2D eigenvalue weighted by molar-refractivity contribution is 0.475. The van der Waals surface area contributed by atoms with Gasteiger partial charge in [-0.15, -0.1) is 10.2 Å². The first kappa shape index (κ1) is 16.5. The van der Waals surface area contributed by atoms with E-state index in [2.05, 4.69) is 25.7 Å². The summed E-state index contributed by atoms with van der Waals surface area (Å²) in [6.45, 7) is 0. The van der Waals surface area contributed by atoms with Gasteiger partial charge in [0.25, 0.3) is 5.56 Å². The van der Waals surface area contributed by atoms with Gasteiger partial charge in [-0.2, -0.15) is 5.10 Å². The Bertz CT molecular complexity index is 1190. The van der Waals surface area contributed by atoms with Gasteiger partial charge in [-0.3, -0.25) is 9.78 Å². The van der Waals surface area contributed by atoms with Crippen LogP contribution in [-0.2, 0) is 0 Å². The minimum atomic E-state index is -0.373. The second kappa shape index (κ2) is 7.09. The molecule has 0 fully saturated rings. The topological polar surface area (TPSA) is 103 Å². The third-order valence-electron chi connectivity index (χ3n) is 4.06. The van der Waals surface area contributed by atoms with Crippen molar-refractivity contribution in [1.82, 2.24) is 15.2 Å². The standard InChI is InChI=1S/C20H15N5O2/c26-17-11-10-13-6-4-5-9-15(13)16(17)12-21-24-20-22-19(27)18(23-25-20)14-7-2-1-3-8-14/h1-12,26H,(H2,22,24,25,27)/b21-12+. The Hall–Kier alpha value is -4.00. The lowest BCUT2D eigenvalue weighted by atomic mass is 10.0. The molecule has 7 heteroatoms. The number of nitrogens with zero attached hydrogens (tertiary/aromatic N) is 3. The van der Waals surface area contributed by atoms with E-state index >= 15 is 0 Å². The van der Waals surface area contributed by atoms with E-state index in [1.165, 1.54) is 6.21 Å². The summed E-state index contributed by atoms with van der Waals surface area (Å²) < 4.78 is 0. The van der Waals surface area contributed by atoms with Gasteiger partial charge in [-0.25, -0.2) is 5.43 Å². The fourth-order valence-corrected chi connectivity index (χ4v) is 2.75. The number of hydrazone groups is 1. The average molecular weight is 357 g/mol. The van der Waals surface area contributed by atoms with Crippen molar-refractivity contribution in [2.75, 3.05) is 5.43 Å². The zero-order valence-electron chi connectivity index (χ0n) is 14.1. The molecule has 0 aliphatic rings. The Kier molecular flexibility index (Phi) is 4.32. The molecule has 4 rings (SSSR count). The van der Waals surface area contributed by atoms with Gasteiger partial charge >= 0.3 is 0 Å². The third-order valence-corrected chi connectivity index (χ3v) is 4.06. The molecule has 7 nitrogen and oxygen atoms in total. The summed E-state index contributed by atoms with van der Waals surface area (Å²) in [5.41, 5.74) is 3.74. The van der Waals surface area contributed by atoms with Crippen LogP contribution in [0.2, 0.25) is 0 Å². The number of nitrogens with one attached hydrogen (secondary N) is 2. The maximum absolute atomic E-state index is 12.2. The molecule has 1 heterocycles. The zero-order valence-corrected chi connectivity index (χ0v) is 14.1. The van der Waals surface area contributed by atoms with Crippen LogP contribution in [0, 0.1) is 0 Å². The average Bonchev–Trinajstić information content (AvgIpc) is 2.70. The molecule has 132 valence electrons. The molecule has 0 bridgehead atoms. The molecule has 4 aromatic rings. The molecule has 0 amide bonds. The number of rotatable bonds is 4. The summed E-state index contributed by atoms with van der Waals surface area (Å²) in [7, 11) is 0. The molecule has 3 aromatic carbocycles. The predicted molar refractivity (Wildman–Crippen MR) is 105 cm³/mol. The van der Waals surface area contributed by atoms with Gasteiger partial charge in [0.1, 0.15) is 5.75 Å². The molecule has 0 aliphatic heterocycles. The first-order valence-electron chi connectivity index (χ1n) is 8.24. The number of benzene rings is 3. The quantitative estimate of drug-likeness (QED) is 0.385. The number of fused-ring (bicyclic) bond motifs is 1. The van der Waals surface area contributed by atoms with Crippen LogP contribution < -0.4 is 11.0 Å². The lowest BCUT2D eigenvalue weighted by Gasteiger charge is -2.05. The second-order valence-corrected chi connectivity index (χ2v) is 5.81. The molecule has 3 N–H and O–H groups in total. The molecule has 0 saturated carbocycles. The highest BCUT2D eigenvalue weighted by Gasteiger charge is 2.07. The van der Waals surface area contributed by atoms with Gasteiger partial charge in [0.2, 0.25) is 5.95 Å². The molecule has 0 saturated heterocycles. The molecule has 0 atom stereocenters. The van der Waals surface area contributed by atoms with E-state index in [-0.39, 0.29) is 23.0 Å². The first-order chi connectivity index (χ1) is 13.2. The van der Waals surface area contributed by atoms with E-state index in [0.29, 0.717) is 11.1 Å². The second-order valence-electron chi connectivity index (χ2n) is 5.81. The monoisotopic (exact) mass is 357 g/mol. The van der Waals surface area contributed by atoms with Gasteiger partial charge in [-0.1, -0.05) is 60.7 Å². The van der Waals surface area contributed by atoms with Crippen LogP contribution in [0.3, 0.4) is 0 Å². The predicted octanol–water partition coefficient (Wildman–Crippen LogP) is 3.14. The lowest BCUT2D eigenvalue weighted by Crippen LogP contribution is -2.15. The first-order valence-corrected chi connectivity index (χ1v) is 8.24. The maximum atomic E-state index is 12.2. The number of aromatic amines is 1. The van der Waals surface area contributed by atoms with E-state index in [0.717, 1.165) is 10.8 Å². The highest BCUT2D eigenvalue weighted by molar-refractivity contribution is 6.02. The zero-order chi connectivity index (χ0) is 18.6. The van der Waals surface area contributed by atoms with Crippen molar-refractivity contribution < 1.29 is 5.11 Å². The van der Waals surface area contributed by atoms with Gasteiger partial charge in [-0.05, 0) is 16.8 Å². The summed E-state index contributed by atoms with van der Waals surface area (Å²) >= 11 is 0. The Morgan fingerprint density at radius 1 is 0.963 bits per heavy atom. The molecule has 27 heavy (non-hydrogen) atoms. The van der Waals surface area contributed by atoms with Gasteiger partial charge in [0.15, 0.2) is 5.69 Å². The number of phenols is 1. The molecule has 0 spiro atoms. The normalized spacial score (nSPS) is 11.1. The van der Waals surface area contributed by atoms with Crippen molar-refractivity contribution in [3.8, 4) is 17.0 Å². The molecule has 1 aromatic heterocycles. The Morgan fingerprint density at radius 2 is 1.74 bits per heavy atom. The number of H-pyrrole nitrogens is 1. The largest absolute Gasteiger partial charge is 0.507 e. The van der Waals surface area contributed by atoms with E-state index < -0.39 is 0 Å². The Labute approximate surface area is 154 Å². The van der Waals surface area contributed by atoms with E-state index in [1.807, 2.05) is 48.5 Å². The van der Waals surface area contributed by atoms with Crippen LogP contribution in [0.4, 0.5) is 5.95 Å². The number of hydrogen-bond acceptors (Lipinski definition) is 6. The van der Waals surface area contributed by atoms with Crippen molar-refractivity contribution in [2.24, 2.45) is 5.10 Å². The third kappa shape index (κ3) is 3.38. The summed E-state index contributed by atoms with van der Waals surface area (Å²) in [4.78, 5) is 14.8. The summed E-state index contributed by atoms with van der Waals surface area (Å²) in [5, 5.41) is 23.9. The van der Waals surface area contributed by atoms with E-state index in [9.17, 15) is 9.90 Å². The fourth-order valence-electron chi connectivity index (χ4n) is 2.75. The van der Waals surface area contributed by atoms with Crippen LogP contribution in [0.5, 0.6) is 5.75 Å². The highest BCUT2D eigenvalue weighted by atomic mass is 16.3. The number of hydrogen-bond donors (Lipinski definition) is 3. The fraction of sp³-hybridized carbons (Fsp3) is 0. The molecular formula is C20H15N5O2. The van der Waals surface area contributed by atoms with Crippen LogP contribution in [0.25, 0.3) is 22.0 Å². The Balaban J connectivity index is 1.59.